The predicted molar refractivity (Wildman–Crippen MR) is 80.0 cm³/mol. The van der Waals surface area contributed by atoms with Crippen molar-refractivity contribution < 1.29 is 4.79 Å². The second-order valence-electron chi connectivity index (χ2n) is 4.84. The fraction of sp³-hybridized carbons (Fsp3) is 0.533. The summed E-state index contributed by atoms with van der Waals surface area (Å²) in [7, 11) is 0. The van der Waals surface area contributed by atoms with Crippen LogP contribution in [0.1, 0.15) is 38.7 Å². The third kappa shape index (κ3) is 4.13. The third-order valence-electron chi connectivity index (χ3n) is 3.27. The Kier molecular flexibility index (Phi) is 6.41. The summed E-state index contributed by atoms with van der Waals surface area (Å²) in [4.78, 5) is 12.4. The van der Waals surface area contributed by atoms with Gasteiger partial charge in [-0.05, 0) is 18.4 Å². The van der Waals surface area contributed by atoms with Gasteiger partial charge in [-0.1, -0.05) is 66.5 Å². The zero-order chi connectivity index (χ0) is 13.5. The molecule has 0 radical (unpaired) electrons. The molecule has 1 aromatic carbocycles. The topological polar surface area (TPSA) is 29.1 Å². The van der Waals surface area contributed by atoms with Crippen LogP contribution in [0.4, 0.5) is 0 Å². The Bertz CT molecular complexity index is 366. The number of rotatable bonds is 6. The van der Waals surface area contributed by atoms with E-state index in [0.717, 1.165) is 17.3 Å². The van der Waals surface area contributed by atoms with Gasteiger partial charge in [-0.25, -0.2) is 0 Å². The fourth-order valence-corrected chi connectivity index (χ4v) is 2.17. The van der Waals surface area contributed by atoms with E-state index < -0.39 is 0 Å². The molecule has 0 saturated heterocycles. The van der Waals surface area contributed by atoms with E-state index in [-0.39, 0.29) is 17.9 Å². The van der Waals surface area contributed by atoms with E-state index in [9.17, 15) is 4.79 Å². The highest BCUT2D eigenvalue weighted by molar-refractivity contribution is 9.09. The number of hydrogen-bond donors (Lipinski definition) is 1. The van der Waals surface area contributed by atoms with Gasteiger partial charge in [0.15, 0.2) is 0 Å². The summed E-state index contributed by atoms with van der Waals surface area (Å²) in [5, 5.41) is 3.84. The molecule has 3 atom stereocenters. The molecule has 0 saturated carbocycles. The number of alkyl halides is 1. The number of hydrogen-bond acceptors (Lipinski definition) is 1. The summed E-state index contributed by atoms with van der Waals surface area (Å²) in [5.74, 6) is 0.412. The Morgan fingerprint density at radius 3 is 2.39 bits per heavy atom. The third-order valence-corrected chi connectivity index (χ3v) is 4.25. The molecule has 1 rings (SSSR count). The van der Waals surface area contributed by atoms with Crippen molar-refractivity contribution in [2.24, 2.45) is 5.92 Å². The molecular formula is C15H22BrNO. The van der Waals surface area contributed by atoms with E-state index in [1.165, 1.54) is 0 Å². The Morgan fingerprint density at radius 1 is 1.28 bits per heavy atom. The SMILES string of the molecule is CCC(C)C(C(=O)NC(C)CBr)c1ccccc1. The van der Waals surface area contributed by atoms with E-state index in [2.05, 4.69) is 35.1 Å². The Morgan fingerprint density at radius 2 is 1.89 bits per heavy atom. The molecule has 0 aliphatic carbocycles. The van der Waals surface area contributed by atoms with Crippen LogP contribution in [0.3, 0.4) is 0 Å². The van der Waals surface area contributed by atoms with Gasteiger partial charge in [-0.3, -0.25) is 4.79 Å². The number of nitrogens with one attached hydrogen (secondary N) is 1. The average molecular weight is 312 g/mol. The van der Waals surface area contributed by atoms with E-state index in [0.29, 0.717) is 5.92 Å². The molecule has 100 valence electrons. The van der Waals surface area contributed by atoms with Crippen LogP contribution in [0.5, 0.6) is 0 Å². The van der Waals surface area contributed by atoms with Crippen LogP contribution < -0.4 is 5.32 Å². The van der Waals surface area contributed by atoms with Gasteiger partial charge in [0.05, 0.1) is 5.92 Å². The molecule has 2 nitrogen and oxygen atoms in total. The highest BCUT2D eigenvalue weighted by Crippen LogP contribution is 2.27. The number of carbonyl (C=O) groups excluding carboxylic acids is 1. The standard InChI is InChI=1S/C15H22BrNO/c1-4-11(2)14(13-8-6-5-7-9-13)15(18)17-12(3)10-16/h5-9,11-12,14H,4,10H2,1-3H3,(H,17,18). The minimum absolute atomic E-state index is 0.0577. The number of carbonyl (C=O) groups is 1. The molecule has 18 heavy (non-hydrogen) atoms. The van der Waals surface area contributed by atoms with Crippen molar-refractivity contribution in [2.75, 3.05) is 5.33 Å². The van der Waals surface area contributed by atoms with Crippen molar-refractivity contribution in [3.8, 4) is 0 Å². The first-order chi connectivity index (χ1) is 8.60. The first-order valence-corrected chi connectivity index (χ1v) is 7.63. The fourth-order valence-electron chi connectivity index (χ4n) is 2.01. The summed E-state index contributed by atoms with van der Waals surface area (Å²) in [6, 6.07) is 10.2. The highest BCUT2D eigenvalue weighted by atomic mass is 79.9. The van der Waals surface area contributed by atoms with Crippen LogP contribution >= 0.6 is 15.9 Å². The van der Waals surface area contributed by atoms with E-state index in [1.54, 1.807) is 0 Å². The lowest BCUT2D eigenvalue weighted by Crippen LogP contribution is -2.39. The Balaban J connectivity index is 2.89. The molecule has 0 aliphatic rings. The number of amides is 1. The lowest BCUT2D eigenvalue weighted by Gasteiger charge is -2.24. The largest absolute Gasteiger partial charge is 0.352 e. The average Bonchev–Trinajstić information content (AvgIpc) is 2.39. The van der Waals surface area contributed by atoms with Crippen molar-refractivity contribution in [2.45, 2.75) is 39.2 Å². The van der Waals surface area contributed by atoms with Gasteiger partial charge in [0.2, 0.25) is 5.91 Å². The van der Waals surface area contributed by atoms with Crippen molar-refractivity contribution in [1.82, 2.24) is 5.32 Å². The Labute approximate surface area is 118 Å². The maximum absolute atomic E-state index is 12.4. The van der Waals surface area contributed by atoms with E-state index >= 15 is 0 Å². The molecule has 0 aliphatic heterocycles. The van der Waals surface area contributed by atoms with Gasteiger partial charge >= 0.3 is 0 Å². The first-order valence-electron chi connectivity index (χ1n) is 6.51. The molecule has 3 unspecified atom stereocenters. The summed E-state index contributed by atoms with van der Waals surface area (Å²) in [5.41, 5.74) is 1.10. The molecule has 1 aromatic rings. The summed E-state index contributed by atoms with van der Waals surface area (Å²) in [6.07, 6.45) is 0.996. The normalized spacial score (nSPS) is 15.8. The molecule has 0 spiro atoms. The van der Waals surface area contributed by atoms with Gasteiger partial charge < -0.3 is 5.32 Å². The van der Waals surface area contributed by atoms with Crippen LogP contribution in [0.2, 0.25) is 0 Å². The molecule has 0 aromatic heterocycles. The van der Waals surface area contributed by atoms with Crippen LogP contribution in [-0.2, 0) is 4.79 Å². The van der Waals surface area contributed by atoms with Crippen molar-refractivity contribution >= 4 is 21.8 Å². The maximum atomic E-state index is 12.4. The molecule has 0 bridgehead atoms. The zero-order valence-corrected chi connectivity index (χ0v) is 12.9. The number of halogens is 1. The first kappa shape index (κ1) is 15.2. The van der Waals surface area contributed by atoms with Gasteiger partial charge in [-0.15, -0.1) is 0 Å². The van der Waals surface area contributed by atoms with Gasteiger partial charge in [0.25, 0.3) is 0 Å². The minimum Gasteiger partial charge on any atom is -0.352 e. The predicted octanol–water partition coefficient (Wildman–Crippen LogP) is 3.72. The summed E-state index contributed by atoms with van der Waals surface area (Å²) < 4.78 is 0. The van der Waals surface area contributed by atoms with Gasteiger partial charge in [0, 0.05) is 11.4 Å². The van der Waals surface area contributed by atoms with E-state index in [1.807, 2.05) is 37.3 Å². The van der Waals surface area contributed by atoms with Crippen molar-refractivity contribution in [3.05, 3.63) is 35.9 Å². The molecular weight excluding hydrogens is 290 g/mol. The smallest absolute Gasteiger partial charge is 0.228 e. The van der Waals surface area contributed by atoms with Gasteiger partial charge in [-0.2, -0.15) is 0 Å². The molecule has 0 fully saturated rings. The van der Waals surface area contributed by atoms with Crippen LogP contribution in [-0.4, -0.2) is 17.3 Å². The van der Waals surface area contributed by atoms with E-state index in [4.69, 9.17) is 0 Å². The minimum atomic E-state index is -0.0577. The molecule has 1 N–H and O–H groups in total. The van der Waals surface area contributed by atoms with Gasteiger partial charge in [0.1, 0.15) is 0 Å². The quantitative estimate of drug-likeness (QED) is 0.797. The van der Waals surface area contributed by atoms with Crippen LogP contribution in [0.15, 0.2) is 30.3 Å². The van der Waals surface area contributed by atoms with Crippen molar-refractivity contribution in [3.63, 3.8) is 0 Å². The maximum Gasteiger partial charge on any atom is 0.228 e. The lowest BCUT2D eigenvalue weighted by molar-refractivity contribution is -0.124. The lowest BCUT2D eigenvalue weighted by atomic mass is 9.85. The van der Waals surface area contributed by atoms with Crippen molar-refractivity contribution in [1.29, 1.82) is 0 Å². The van der Waals surface area contributed by atoms with Crippen LogP contribution in [0.25, 0.3) is 0 Å². The number of benzene rings is 1. The second-order valence-corrected chi connectivity index (χ2v) is 5.49. The molecule has 3 heteroatoms. The summed E-state index contributed by atoms with van der Waals surface area (Å²) >= 11 is 3.39. The zero-order valence-electron chi connectivity index (χ0n) is 11.3. The van der Waals surface area contributed by atoms with Crippen LogP contribution in [0, 0.1) is 5.92 Å². The molecule has 0 heterocycles. The summed E-state index contributed by atoms with van der Waals surface area (Å²) in [6.45, 7) is 6.27. The monoisotopic (exact) mass is 311 g/mol. The highest BCUT2D eigenvalue weighted by Gasteiger charge is 2.26. The second kappa shape index (κ2) is 7.57. The molecule has 1 amide bonds. The Hall–Kier alpha value is -0.830.